The summed E-state index contributed by atoms with van der Waals surface area (Å²) in [7, 11) is 2.24. The fraction of sp³-hybridized carbons (Fsp3) is 0.467. The van der Waals surface area contributed by atoms with Gasteiger partial charge in [0.1, 0.15) is 11.0 Å². The Balaban J connectivity index is 1.79. The molecule has 0 N–H and O–H groups in total. The van der Waals surface area contributed by atoms with Crippen LogP contribution in [-0.4, -0.2) is 47.1 Å². The minimum atomic E-state index is 0.525. The molecular weight excluding hydrogens is 272 g/mol. The van der Waals surface area contributed by atoms with Crippen molar-refractivity contribution in [2.45, 2.75) is 24.9 Å². The first-order valence-electron chi connectivity index (χ1n) is 7.10. The summed E-state index contributed by atoms with van der Waals surface area (Å²) < 4.78 is 0. The lowest BCUT2D eigenvalue weighted by Crippen LogP contribution is -2.52. The van der Waals surface area contributed by atoms with Gasteiger partial charge in [-0.3, -0.25) is 9.88 Å². The molecule has 20 heavy (non-hydrogen) atoms. The maximum atomic E-state index is 6.17. The topological polar surface area (TPSA) is 32.3 Å². The number of fused-ring (bicyclic) bond motifs is 3. The van der Waals surface area contributed by atoms with Gasteiger partial charge in [0.2, 0.25) is 0 Å². The summed E-state index contributed by atoms with van der Waals surface area (Å²) in [5.74, 6) is 0.991. The van der Waals surface area contributed by atoms with E-state index in [9.17, 15) is 0 Å². The van der Waals surface area contributed by atoms with E-state index >= 15 is 0 Å². The summed E-state index contributed by atoms with van der Waals surface area (Å²) in [6, 6.07) is 7.17. The highest BCUT2D eigenvalue weighted by Gasteiger charge is 2.38. The molecule has 2 bridgehead atoms. The first-order chi connectivity index (χ1) is 9.72. The second kappa shape index (κ2) is 4.57. The fourth-order valence-electron chi connectivity index (χ4n) is 3.56. The van der Waals surface area contributed by atoms with Crippen LogP contribution in [0.1, 0.15) is 12.8 Å². The number of hydrogen-bond donors (Lipinski definition) is 0. The summed E-state index contributed by atoms with van der Waals surface area (Å²) in [4.78, 5) is 13.9. The Morgan fingerprint density at radius 1 is 1.25 bits per heavy atom. The molecule has 4 heterocycles. The number of pyridine rings is 2. The molecule has 2 aromatic heterocycles. The van der Waals surface area contributed by atoms with Crippen molar-refractivity contribution in [1.82, 2.24) is 14.9 Å². The Morgan fingerprint density at radius 3 is 2.75 bits per heavy atom. The molecule has 2 atom stereocenters. The van der Waals surface area contributed by atoms with Gasteiger partial charge in [-0.25, -0.2) is 4.98 Å². The number of aromatic nitrogens is 2. The van der Waals surface area contributed by atoms with Crippen molar-refractivity contribution >= 4 is 28.3 Å². The van der Waals surface area contributed by atoms with Crippen LogP contribution in [0, 0.1) is 0 Å². The van der Waals surface area contributed by atoms with Crippen molar-refractivity contribution in [1.29, 1.82) is 0 Å². The third-order valence-electron chi connectivity index (χ3n) is 4.69. The molecule has 0 radical (unpaired) electrons. The predicted molar refractivity (Wildman–Crippen MR) is 81.3 cm³/mol. The van der Waals surface area contributed by atoms with E-state index in [0.29, 0.717) is 17.2 Å². The van der Waals surface area contributed by atoms with Crippen LogP contribution in [0.25, 0.3) is 10.9 Å². The largest absolute Gasteiger partial charge is 0.353 e. The van der Waals surface area contributed by atoms with Crippen molar-refractivity contribution in [2.75, 3.05) is 25.0 Å². The standard InChI is InChI=1S/C15H17ClN4/c1-19-10-4-5-11(19)9-20(8-10)15-12-3-2-6-17-13(12)7-14(16)18-15/h2-3,6-7,10-11H,4-5,8-9H2,1H3. The van der Waals surface area contributed by atoms with Gasteiger partial charge in [-0.05, 0) is 32.0 Å². The van der Waals surface area contributed by atoms with E-state index in [4.69, 9.17) is 11.6 Å². The Hall–Kier alpha value is -1.39. The molecule has 2 aliphatic heterocycles. The van der Waals surface area contributed by atoms with Crippen molar-refractivity contribution in [3.63, 3.8) is 0 Å². The summed E-state index contributed by atoms with van der Waals surface area (Å²) in [6.07, 6.45) is 4.37. The SMILES string of the molecule is CN1C2CCC1CN(c1nc(Cl)cc3ncccc13)C2. The summed E-state index contributed by atoms with van der Waals surface area (Å²) in [5, 5.41) is 1.62. The zero-order valence-electron chi connectivity index (χ0n) is 11.5. The van der Waals surface area contributed by atoms with Crippen molar-refractivity contribution in [3.05, 3.63) is 29.5 Å². The van der Waals surface area contributed by atoms with Crippen LogP contribution in [0.15, 0.2) is 24.4 Å². The van der Waals surface area contributed by atoms with Crippen molar-refractivity contribution < 1.29 is 0 Å². The number of nitrogens with zero attached hydrogens (tertiary/aromatic N) is 4. The first kappa shape index (κ1) is 12.4. The summed E-state index contributed by atoms with van der Waals surface area (Å²) in [6.45, 7) is 2.06. The minimum Gasteiger partial charge on any atom is -0.353 e. The molecule has 4 nitrogen and oxygen atoms in total. The highest BCUT2D eigenvalue weighted by atomic mass is 35.5. The lowest BCUT2D eigenvalue weighted by Gasteiger charge is -2.39. The molecule has 0 saturated carbocycles. The molecule has 2 aromatic rings. The summed E-state index contributed by atoms with van der Waals surface area (Å²) >= 11 is 6.17. The zero-order valence-corrected chi connectivity index (χ0v) is 12.2. The summed E-state index contributed by atoms with van der Waals surface area (Å²) in [5.41, 5.74) is 0.925. The first-order valence-corrected chi connectivity index (χ1v) is 7.48. The number of piperazine rings is 1. The molecule has 2 aliphatic rings. The van der Waals surface area contributed by atoms with Gasteiger partial charge in [0.05, 0.1) is 5.52 Å². The third-order valence-corrected chi connectivity index (χ3v) is 4.89. The van der Waals surface area contributed by atoms with Crippen LogP contribution in [-0.2, 0) is 0 Å². The highest BCUT2D eigenvalue weighted by molar-refractivity contribution is 6.30. The van der Waals surface area contributed by atoms with Gasteiger partial charge >= 0.3 is 0 Å². The van der Waals surface area contributed by atoms with E-state index in [2.05, 4.69) is 32.9 Å². The Labute approximate surface area is 123 Å². The zero-order chi connectivity index (χ0) is 13.7. The van der Waals surface area contributed by atoms with Gasteiger partial charge in [-0.2, -0.15) is 0 Å². The van der Waals surface area contributed by atoms with Crippen LogP contribution < -0.4 is 4.90 Å². The number of rotatable bonds is 1. The second-order valence-electron chi connectivity index (χ2n) is 5.79. The van der Waals surface area contributed by atoms with Gasteiger partial charge in [0.25, 0.3) is 0 Å². The van der Waals surface area contributed by atoms with E-state index in [-0.39, 0.29) is 0 Å². The number of anilines is 1. The molecule has 0 amide bonds. The van der Waals surface area contributed by atoms with Crippen LogP contribution in [0.5, 0.6) is 0 Å². The molecule has 104 valence electrons. The van der Waals surface area contributed by atoms with Gasteiger partial charge < -0.3 is 4.90 Å². The van der Waals surface area contributed by atoms with Crippen LogP contribution in [0.2, 0.25) is 5.15 Å². The highest BCUT2D eigenvalue weighted by Crippen LogP contribution is 2.33. The monoisotopic (exact) mass is 288 g/mol. The second-order valence-corrected chi connectivity index (χ2v) is 6.18. The Bertz CT molecular complexity index is 645. The molecule has 0 spiro atoms. The van der Waals surface area contributed by atoms with Crippen LogP contribution >= 0.6 is 11.6 Å². The molecule has 2 fully saturated rings. The molecule has 5 heteroatoms. The average Bonchev–Trinajstić information content (AvgIpc) is 2.68. The minimum absolute atomic E-state index is 0.525. The maximum absolute atomic E-state index is 6.17. The molecule has 4 rings (SSSR count). The van der Waals surface area contributed by atoms with E-state index < -0.39 is 0 Å². The molecule has 2 unspecified atom stereocenters. The van der Waals surface area contributed by atoms with Gasteiger partial charge in [-0.15, -0.1) is 0 Å². The third kappa shape index (κ3) is 1.86. The van der Waals surface area contributed by atoms with Crippen molar-refractivity contribution in [2.24, 2.45) is 0 Å². The Morgan fingerprint density at radius 2 is 2.00 bits per heavy atom. The average molecular weight is 289 g/mol. The van der Waals surface area contributed by atoms with Crippen LogP contribution in [0.3, 0.4) is 0 Å². The lowest BCUT2D eigenvalue weighted by atomic mass is 10.1. The van der Waals surface area contributed by atoms with E-state index in [1.807, 2.05) is 12.1 Å². The number of hydrogen-bond acceptors (Lipinski definition) is 4. The van der Waals surface area contributed by atoms with Gasteiger partial charge in [-0.1, -0.05) is 11.6 Å². The molecule has 0 aliphatic carbocycles. The molecular formula is C15H17ClN4. The quantitative estimate of drug-likeness (QED) is 0.755. The smallest absolute Gasteiger partial charge is 0.139 e. The van der Waals surface area contributed by atoms with Crippen LogP contribution in [0.4, 0.5) is 5.82 Å². The molecule has 0 aromatic carbocycles. The normalized spacial score (nSPS) is 26.4. The van der Waals surface area contributed by atoms with E-state index in [1.165, 1.54) is 12.8 Å². The van der Waals surface area contributed by atoms with E-state index in [0.717, 1.165) is 29.8 Å². The molecule has 2 saturated heterocycles. The van der Waals surface area contributed by atoms with E-state index in [1.54, 1.807) is 6.20 Å². The van der Waals surface area contributed by atoms with Gasteiger partial charge in [0, 0.05) is 42.8 Å². The maximum Gasteiger partial charge on any atom is 0.139 e. The Kier molecular flexibility index (Phi) is 2.82. The predicted octanol–water partition coefficient (Wildman–Crippen LogP) is 2.57. The number of halogens is 1. The fourth-order valence-corrected chi connectivity index (χ4v) is 3.74. The van der Waals surface area contributed by atoms with Crippen molar-refractivity contribution in [3.8, 4) is 0 Å². The lowest BCUT2D eigenvalue weighted by molar-refractivity contribution is 0.212. The van der Waals surface area contributed by atoms with Gasteiger partial charge in [0.15, 0.2) is 0 Å². The number of likely N-dealkylation sites (N-methyl/N-ethyl adjacent to an activating group) is 1.